The molecule has 0 bridgehead atoms. The molecule has 0 radical (unpaired) electrons. The van der Waals surface area contributed by atoms with E-state index in [-0.39, 0.29) is 18.4 Å². The van der Waals surface area contributed by atoms with E-state index in [2.05, 4.69) is 0 Å². The first-order valence-electron chi connectivity index (χ1n) is 4.98. The number of methoxy groups -OCH3 is 1. The zero-order valence-corrected chi connectivity index (χ0v) is 9.90. The van der Waals surface area contributed by atoms with Crippen molar-refractivity contribution in [2.75, 3.05) is 7.11 Å². The van der Waals surface area contributed by atoms with Gasteiger partial charge in [-0.2, -0.15) is 0 Å². The minimum absolute atomic E-state index is 0.217. The van der Waals surface area contributed by atoms with Crippen molar-refractivity contribution in [3.8, 4) is 5.75 Å². The summed E-state index contributed by atoms with van der Waals surface area (Å²) < 4.78 is 5.02. The van der Waals surface area contributed by atoms with Crippen molar-refractivity contribution in [3.63, 3.8) is 0 Å². The number of hydrogen-bond acceptors (Lipinski definition) is 3. The lowest BCUT2D eigenvalue weighted by Crippen LogP contribution is -2.29. The second kappa shape index (κ2) is 4.59. The molecule has 2 rings (SSSR count). The summed E-state index contributed by atoms with van der Waals surface area (Å²) in [6, 6.07) is 5.15. The summed E-state index contributed by atoms with van der Waals surface area (Å²) in [4.78, 5) is 23.9. The maximum absolute atomic E-state index is 11.4. The molecule has 0 unspecified atom stereocenters. The molecule has 0 saturated carbocycles. The van der Waals surface area contributed by atoms with E-state index in [0.717, 1.165) is 10.5 Å². The van der Waals surface area contributed by atoms with Gasteiger partial charge in [0.15, 0.2) is 0 Å². The van der Waals surface area contributed by atoms with Crippen molar-refractivity contribution < 1.29 is 14.3 Å². The second-order valence-corrected chi connectivity index (χ2v) is 3.97. The third kappa shape index (κ3) is 2.31. The fraction of sp³-hybridized carbons (Fsp3) is 0.167. The third-order valence-electron chi connectivity index (χ3n) is 2.46. The van der Waals surface area contributed by atoms with Gasteiger partial charge >= 0.3 is 0 Å². The summed E-state index contributed by atoms with van der Waals surface area (Å²) in [7, 11) is 1.53. The molecule has 0 fully saturated rings. The third-order valence-corrected chi connectivity index (χ3v) is 2.75. The zero-order valence-electron chi connectivity index (χ0n) is 9.14. The number of hydrogen-bond donors (Lipinski definition) is 0. The molecular formula is C12H10ClNO3. The van der Waals surface area contributed by atoms with Gasteiger partial charge in [0.05, 0.1) is 18.7 Å². The monoisotopic (exact) mass is 251 g/mol. The quantitative estimate of drug-likeness (QED) is 0.770. The van der Waals surface area contributed by atoms with E-state index in [1.807, 2.05) is 0 Å². The molecule has 1 aromatic rings. The van der Waals surface area contributed by atoms with E-state index in [9.17, 15) is 9.59 Å². The van der Waals surface area contributed by atoms with Crippen molar-refractivity contribution in [2.24, 2.45) is 0 Å². The maximum atomic E-state index is 11.4. The Hall–Kier alpha value is -1.81. The van der Waals surface area contributed by atoms with Gasteiger partial charge in [0.2, 0.25) is 0 Å². The average molecular weight is 252 g/mol. The predicted octanol–water partition coefficient (Wildman–Crippen LogP) is 1.77. The van der Waals surface area contributed by atoms with Crippen LogP contribution in [-0.2, 0) is 16.1 Å². The lowest BCUT2D eigenvalue weighted by atomic mass is 10.2. The van der Waals surface area contributed by atoms with Crippen LogP contribution in [0.4, 0.5) is 0 Å². The SMILES string of the molecule is COc1ccc(CN2C(=O)C=CC2=O)cc1Cl. The number of carbonyl (C=O) groups excluding carboxylic acids is 2. The number of amides is 2. The fourth-order valence-corrected chi connectivity index (χ4v) is 1.86. The molecule has 88 valence electrons. The number of halogens is 1. The first-order chi connectivity index (χ1) is 8.11. The Balaban J connectivity index is 2.17. The lowest BCUT2D eigenvalue weighted by molar-refractivity contribution is -0.137. The minimum atomic E-state index is -0.304. The summed E-state index contributed by atoms with van der Waals surface area (Å²) in [5, 5.41) is 0.456. The molecule has 4 nitrogen and oxygen atoms in total. The van der Waals surface area contributed by atoms with Crippen molar-refractivity contribution in [2.45, 2.75) is 6.54 Å². The molecule has 0 saturated heterocycles. The molecule has 17 heavy (non-hydrogen) atoms. The molecule has 2 amide bonds. The molecule has 0 atom stereocenters. The first kappa shape index (κ1) is 11.7. The first-order valence-corrected chi connectivity index (χ1v) is 5.35. The Labute approximate surface area is 103 Å². The van der Waals surface area contributed by atoms with Crippen LogP contribution in [0.1, 0.15) is 5.56 Å². The topological polar surface area (TPSA) is 46.6 Å². The number of nitrogens with zero attached hydrogens (tertiary/aromatic N) is 1. The second-order valence-electron chi connectivity index (χ2n) is 3.56. The molecule has 1 aliphatic heterocycles. The van der Waals surface area contributed by atoms with Gasteiger partial charge < -0.3 is 4.74 Å². The number of ether oxygens (including phenoxy) is 1. The van der Waals surface area contributed by atoms with Crippen LogP contribution < -0.4 is 4.74 Å². The van der Waals surface area contributed by atoms with Gasteiger partial charge in [0.25, 0.3) is 11.8 Å². The van der Waals surface area contributed by atoms with Crippen molar-refractivity contribution in [1.29, 1.82) is 0 Å². The van der Waals surface area contributed by atoms with Crippen molar-refractivity contribution >= 4 is 23.4 Å². The Morgan fingerprint density at radius 1 is 1.24 bits per heavy atom. The molecule has 5 heteroatoms. The van der Waals surface area contributed by atoms with Gasteiger partial charge in [-0.05, 0) is 17.7 Å². The predicted molar refractivity (Wildman–Crippen MR) is 62.7 cm³/mol. The molecule has 1 heterocycles. The lowest BCUT2D eigenvalue weighted by Gasteiger charge is -2.14. The summed E-state index contributed by atoms with van der Waals surface area (Å²) in [6.45, 7) is 0.217. The number of benzene rings is 1. The van der Waals surface area contributed by atoms with Crippen LogP contribution in [0, 0.1) is 0 Å². The standard InChI is InChI=1S/C12H10ClNO3/c1-17-10-3-2-8(6-9(10)13)7-14-11(15)4-5-12(14)16/h2-6H,7H2,1H3. The Morgan fingerprint density at radius 3 is 2.41 bits per heavy atom. The highest BCUT2D eigenvalue weighted by atomic mass is 35.5. The van der Waals surface area contributed by atoms with Crippen LogP contribution in [0.25, 0.3) is 0 Å². The average Bonchev–Trinajstić information content (AvgIpc) is 2.61. The van der Waals surface area contributed by atoms with E-state index in [1.54, 1.807) is 18.2 Å². The van der Waals surface area contributed by atoms with Crippen LogP contribution in [0.5, 0.6) is 5.75 Å². The van der Waals surface area contributed by atoms with Gasteiger partial charge in [0, 0.05) is 12.2 Å². The zero-order chi connectivity index (χ0) is 12.4. The molecule has 0 N–H and O–H groups in total. The summed E-state index contributed by atoms with van der Waals surface area (Å²) >= 11 is 5.96. The van der Waals surface area contributed by atoms with Gasteiger partial charge in [-0.25, -0.2) is 0 Å². The smallest absolute Gasteiger partial charge is 0.253 e. The van der Waals surface area contributed by atoms with Crippen LogP contribution in [-0.4, -0.2) is 23.8 Å². The van der Waals surface area contributed by atoms with Crippen molar-refractivity contribution in [1.82, 2.24) is 4.90 Å². The summed E-state index contributed by atoms with van der Waals surface area (Å²) in [5.41, 5.74) is 0.779. The van der Waals surface area contributed by atoms with Crippen LogP contribution in [0.3, 0.4) is 0 Å². The molecule has 0 spiro atoms. The molecule has 0 aliphatic carbocycles. The Morgan fingerprint density at radius 2 is 1.88 bits per heavy atom. The van der Waals surface area contributed by atoms with Crippen LogP contribution >= 0.6 is 11.6 Å². The van der Waals surface area contributed by atoms with Gasteiger partial charge in [-0.1, -0.05) is 17.7 Å². The highest BCUT2D eigenvalue weighted by molar-refractivity contribution is 6.32. The maximum Gasteiger partial charge on any atom is 0.253 e. The highest BCUT2D eigenvalue weighted by Crippen LogP contribution is 2.25. The highest BCUT2D eigenvalue weighted by Gasteiger charge is 2.23. The van der Waals surface area contributed by atoms with E-state index < -0.39 is 0 Å². The van der Waals surface area contributed by atoms with E-state index in [4.69, 9.17) is 16.3 Å². The Bertz CT molecular complexity index is 492. The summed E-state index contributed by atoms with van der Waals surface area (Å²) in [6.07, 6.45) is 2.51. The minimum Gasteiger partial charge on any atom is -0.495 e. The van der Waals surface area contributed by atoms with Gasteiger partial charge in [0.1, 0.15) is 5.75 Å². The molecule has 1 aromatic carbocycles. The largest absolute Gasteiger partial charge is 0.495 e. The van der Waals surface area contributed by atoms with E-state index in [0.29, 0.717) is 10.8 Å². The molecular weight excluding hydrogens is 242 g/mol. The number of rotatable bonds is 3. The molecule has 0 aromatic heterocycles. The van der Waals surface area contributed by atoms with E-state index in [1.165, 1.54) is 19.3 Å². The normalized spacial score (nSPS) is 14.6. The van der Waals surface area contributed by atoms with Crippen LogP contribution in [0.2, 0.25) is 5.02 Å². The van der Waals surface area contributed by atoms with Gasteiger partial charge in [-0.3, -0.25) is 14.5 Å². The van der Waals surface area contributed by atoms with E-state index >= 15 is 0 Å². The van der Waals surface area contributed by atoms with Gasteiger partial charge in [-0.15, -0.1) is 0 Å². The van der Waals surface area contributed by atoms with Crippen molar-refractivity contribution in [3.05, 3.63) is 40.9 Å². The van der Waals surface area contributed by atoms with Crippen LogP contribution in [0.15, 0.2) is 30.4 Å². The Kier molecular flexibility index (Phi) is 3.15. The number of carbonyl (C=O) groups is 2. The molecule has 1 aliphatic rings. The fourth-order valence-electron chi connectivity index (χ4n) is 1.58. The summed E-state index contributed by atoms with van der Waals surface area (Å²) in [5.74, 6) is -0.0449. The number of imide groups is 1.